The molecule has 2 fully saturated rings. The van der Waals surface area contributed by atoms with Crippen molar-refractivity contribution in [3.05, 3.63) is 35.4 Å². The molecule has 1 heteroatoms. The van der Waals surface area contributed by atoms with Gasteiger partial charge < -0.3 is 5.11 Å². The molecular formula is C18H24O. The Labute approximate surface area is 116 Å². The second kappa shape index (κ2) is 4.34. The van der Waals surface area contributed by atoms with Gasteiger partial charge in [-0.25, -0.2) is 0 Å². The van der Waals surface area contributed by atoms with Crippen molar-refractivity contribution in [3.8, 4) is 0 Å². The summed E-state index contributed by atoms with van der Waals surface area (Å²) in [6.45, 7) is 0. The number of fused-ring (bicyclic) bond motifs is 3. The Hall–Kier alpha value is -0.820. The van der Waals surface area contributed by atoms with Crippen molar-refractivity contribution in [1.82, 2.24) is 0 Å². The van der Waals surface area contributed by atoms with Gasteiger partial charge in [-0.1, -0.05) is 30.7 Å². The van der Waals surface area contributed by atoms with E-state index >= 15 is 0 Å². The number of hydrogen-bond donors (Lipinski definition) is 1. The summed E-state index contributed by atoms with van der Waals surface area (Å²) in [6.07, 6.45) is 9.72. The number of benzene rings is 1. The van der Waals surface area contributed by atoms with E-state index in [1.807, 2.05) is 0 Å². The van der Waals surface area contributed by atoms with Crippen molar-refractivity contribution < 1.29 is 5.11 Å². The third-order valence-corrected chi connectivity index (χ3v) is 6.02. The van der Waals surface area contributed by atoms with Crippen LogP contribution in [0.2, 0.25) is 0 Å². The zero-order valence-corrected chi connectivity index (χ0v) is 11.6. The van der Waals surface area contributed by atoms with Crippen LogP contribution in [-0.2, 0) is 12.8 Å². The predicted octanol–water partition coefficient (Wildman–Crippen LogP) is 3.73. The molecule has 0 aliphatic heterocycles. The minimum atomic E-state index is -0.413. The topological polar surface area (TPSA) is 20.2 Å². The highest BCUT2D eigenvalue weighted by Crippen LogP contribution is 2.51. The first kappa shape index (κ1) is 12.0. The molecule has 0 radical (unpaired) electrons. The molecule has 2 bridgehead atoms. The van der Waals surface area contributed by atoms with Crippen molar-refractivity contribution in [2.75, 3.05) is 0 Å². The summed E-state index contributed by atoms with van der Waals surface area (Å²) >= 11 is 0. The smallest absolute Gasteiger partial charge is 0.0694 e. The van der Waals surface area contributed by atoms with Crippen LogP contribution < -0.4 is 0 Å². The molecule has 0 aromatic heterocycles. The third kappa shape index (κ3) is 2.12. The first-order valence-electron chi connectivity index (χ1n) is 8.01. The van der Waals surface area contributed by atoms with Gasteiger partial charge in [-0.3, -0.25) is 0 Å². The molecule has 1 aromatic carbocycles. The Morgan fingerprint density at radius 3 is 2.68 bits per heavy atom. The van der Waals surface area contributed by atoms with E-state index in [-0.39, 0.29) is 0 Å². The van der Waals surface area contributed by atoms with E-state index in [1.54, 1.807) is 0 Å². The molecule has 1 nitrogen and oxygen atoms in total. The monoisotopic (exact) mass is 256 g/mol. The van der Waals surface area contributed by atoms with Crippen LogP contribution in [0.3, 0.4) is 0 Å². The van der Waals surface area contributed by atoms with E-state index in [0.29, 0.717) is 0 Å². The van der Waals surface area contributed by atoms with Crippen molar-refractivity contribution in [2.45, 2.75) is 57.0 Å². The van der Waals surface area contributed by atoms with Gasteiger partial charge in [-0.05, 0) is 67.4 Å². The SMILES string of the molecule is OC1(CC2CC3CCC2C3)CCc2ccccc2C1. The lowest BCUT2D eigenvalue weighted by atomic mass is 9.72. The van der Waals surface area contributed by atoms with Crippen molar-refractivity contribution in [2.24, 2.45) is 17.8 Å². The quantitative estimate of drug-likeness (QED) is 0.854. The Balaban J connectivity index is 1.49. The van der Waals surface area contributed by atoms with E-state index < -0.39 is 5.60 Å². The Bertz CT molecular complexity index is 480. The number of aliphatic hydroxyl groups is 1. The summed E-state index contributed by atoms with van der Waals surface area (Å²) in [5, 5.41) is 11.0. The van der Waals surface area contributed by atoms with Crippen LogP contribution in [0, 0.1) is 17.8 Å². The fraction of sp³-hybridized carbons (Fsp3) is 0.667. The van der Waals surface area contributed by atoms with Crippen LogP contribution in [0.15, 0.2) is 24.3 Å². The van der Waals surface area contributed by atoms with Gasteiger partial charge in [0.05, 0.1) is 5.60 Å². The van der Waals surface area contributed by atoms with E-state index in [9.17, 15) is 5.11 Å². The van der Waals surface area contributed by atoms with Crippen LogP contribution in [0.25, 0.3) is 0 Å². The van der Waals surface area contributed by atoms with Gasteiger partial charge in [0.2, 0.25) is 0 Å². The Morgan fingerprint density at radius 1 is 1.11 bits per heavy atom. The second-order valence-electron chi connectivity index (χ2n) is 7.31. The van der Waals surface area contributed by atoms with Gasteiger partial charge in [-0.2, -0.15) is 0 Å². The summed E-state index contributed by atoms with van der Waals surface area (Å²) in [5.41, 5.74) is 2.43. The fourth-order valence-corrected chi connectivity index (χ4v) is 5.07. The number of aryl methyl sites for hydroxylation is 1. The van der Waals surface area contributed by atoms with Crippen LogP contribution >= 0.6 is 0 Å². The summed E-state index contributed by atoms with van der Waals surface area (Å²) in [5.74, 6) is 2.75. The maximum atomic E-state index is 11.0. The molecule has 4 atom stereocenters. The highest BCUT2D eigenvalue weighted by atomic mass is 16.3. The molecule has 0 saturated heterocycles. The molecule has 4 rings (SSSR count). The van der Waals surface area contributed by atoms with E-state index in [4.69, 9.17) is 0 Å². The molecule has 0 spiro atoms. The van der Waals surface area contributed by atoms with Crippen molar-refractivity contribution >= 4 is 0 Å². The highest BCUT2D eigenvalue weighted by Gasteiger charge is 2.44. The van der Waals surface area contributed by atoms with Gasteiger partial charge in [0, 0.05) is 6.42 Å². The van der Waals surface area contributed by atoms with Crippen molar-refractivity contribution in [3.63, 3.8) is 0 Å². The first-order valence-corrected chi connectivity index (χ1v) is 8.01. The molecule has 1 N–H and O–H groups in total. The summed E-state index contributed by atoms with van der Waals surface area (Å²) in [4.78, 5) is 0. The molecule has 3 aliphatic carbocycles. The van der Waals surface area contributed by atoms with Gasteiger partial charge in [0.15, 0.2) is 0 Å². The Kier molecular flexibility index (Phi) is 2.73. The number of hydrogen-bond acceptors (Lipinski definition) is 1. The first-order chi connectivity index (χ1) is 9.22. The van der Waals surface area contributed by atoms with Crippen LogP contribution in [0.1, 0.15) is 49.7 Å². The maximum absolute atomic E-state index is 11.0. The van der Waals surface area contributed by atoms with Crippen molar-refractivity contribution in [1.29, 1.82) is 0 Å². The standard InChI is InChI=1S/C18H24O/c19-18(12-17-10-13-5-6-15(17)9-13)8-7-14-3-1-2-4-16(14)11-18/h1-4,13,15,17,19H,5-12H2. The Morgan fingerprint density at radius 2 is 1.95 bits per heavy atom. The second-order valence-corrected chi connectivity index (χ2v) is 7.31. The average Bonchev–Trinajstić information content (AvgIpc) is 3.00. The molecule has 19 heavy (non-hydrogen) atoms. The van der Waals surface area contributed by atoms with E-state index in [2.05, 4.69) is 24.3 Å². The van der Waals surface area contributed by atoms with Gasteiger partial charge in [0.1, 0.15) is 0 Å². The maximum Gasteiger partial charge on any atom is 0.0694 e. The molecule has 4 unspecified atom stereocenters. The fourth-order valence-electron chi connectivity index (χ4n) is 5.07. The normalized spacial score (nSPS) is 40.4. The van der Waals surface area contributed by atoms with Gasteiger partial charge in [0.25, 0.3) is 0 Å². The summed E-state index contributed by atoms with van der Waals surface area (Å²) in [6, 6.07) is 8.67. The summed E-state index contributed by atoms with van der Waals surface area (Å²) in [7, 11) is 0. The predicted molar refractivity (Wildman–Crippen MR) is 77.0 cm³/mol. The zero-order valence-electron chi connectivity index (χ0n) is 11.6. The third-order valence-electron chi connectivity index (χ3n) is 6.02. The molecule has 2 saturated carbocycles. The molecular weight excluding hydrogens is 232 g/mol. The van der Waals surface area contributed by atoms with E-state index in [1.165, 1.54) is 36.8 Å². The highest BCUT2D eigenvalue weighted by molar-refractivity contribution is 5.31. The molecule has 0 heterocycles. The average molecular weight is 256 g/mol. The lowest BCUT2D eigenvalue weighted by Gasteiger charge is -2.37. The van der Waals surface area contributed by atoms with Gasteiger partial charge in [-0.15, -0.1) is 0 Å². The summed E-state index contributed by atoms with van der Waals surface area (Å²) < 4.78 is 0. The van der Waals surface area contributed by atoms with Crippen LogP contribution in [0.4, 0.5) is 0 Å². The lowest BCUT2D eigenvalue weighted by molar-refractivity contribution is -0.00505. The van der Waals surface area contributed by atoms with Gasteiger partial charge >= 0.3 is 0 Å². The van der Waals surface area contributed by atoms with Crippen LogP contribution in [0.5, 0.6) is 0 Å². The largest absolute Gasteiger partial charge is 0.390 e. The van der Waals surface area contributed by atoms with E-state index in [0.717, 1.165) is 43.4 Å². The molecule has 102 valence electrons. The lowest BCUT2D eigenvalue weighted by Crippen LogP contribution is -2.38. The molecule has 0 amide bonds. The van der Waals surface area contributed by atoms with Crippen LogP contribution in [-0.4, -0.2) is 10.7 Å². The molecule has 1 aromatic rings. The number of rotatable bonds is 2. The molecule has 3 aliphatic rings. The zero-order chi connectivity index (χ0) is 12.9. The minimum absolute atomic E-state index is 0.413. The minimum Gasteiger partial charge on any atom is -0.390 e.